The standard InChI is InChI=1S/C14H28N2O3/c1-5-11(6-2)16-13(17)9-18-8-12-7-15-10-14(3,4)19-12/h11-12,15H,5-10H2,1-4H3,(H,16,17). The van der Waals surface area contributed by atoms with E-state index < -0.39 is 0 Å². The van der Waals surface area contributed by atoms with Crippen molar-refractivity contribution >= 4 is 5.91 Å². The minimum atomic E-state index is -0.163. The number of nitrogens with one attached hydrogen (secondary N) is 2. The van der Waals surface area contributed by atoms with E-state index in [-0.39, 0.29) is 30.3 Å². The number of rotatable bonds is 7. The largest absolute Gasteiger partial charge is 0.369 e. The maximum absolute atomic E-state index is 11.6. The summed E-state index contributed by atoms with van der Waals surface area (Å²) >= 11 is 0. The van der Waals surface area contributed by atoms with Gasteiger partial charge < -0.3 is 20.1 Å². The maximum atomic E-state index is 11.6. The normalized spacial score (nSPS) is 22.5. The number of hydrogen-bond acceptors (Lipinski definition) is 4. The second-order valence-corrected chi connectivity index (χ2v) is 5.73. The highest BCUT2D eigenvalue weighted by Crippen LogP contribution is 2.15. The predicted molar refractivity (Wildman–Crippen MR) is 75.2 cm³/mol. The number of ether oxygens (including phenoxy) is 2. The Balaban J connectivity index is 2.17. The van der Waals surface area contributed by atoms with Gasteiger partial charge in [0, 0.05) is 19.1 Å². The molecule has 0 aromatic rings. The minimum Gasteiger partial charge on any atom is -0.369 e. The monoisotopic (exact) mass is 272 g/mol. The molecule has 5 heteroatoms. The summed E-state index contributed by atoms with van der Waals surface area (Å²) in [5.41, 5.74) is -0.163. The second-order valence-electron chi connectivity index (χ2n) is 5.73. The highest BCUT2D eigenvalue weighted by molar-refractivity contribution is 5.77. The minimum absolute atomic E-state index is 0.0182. The zero-order chi connectivity index (χ0) is 14.3. The SMILES string of the molecule is CCC(CC)NC(=O)COCC1CNCC(C)(C)O1. The Bertz CT molecular complexity index is 278. The van der Waals surface area contributed by atoms with Crippen LogP contribution in [-0.4, -0.2) is 50.0 Å². The van der Waals surface area contributed by atoms with Crippen LogP contribution in [-0.2, 0) is 14.3 Å². The Labute approximate surface area is 116 Å². The lowest BCUT2D eigenvalue weighted by atomic mass is 10.1. The predicted octanol–water partition coefficient (Wildman–Crippen LogP) is 1.07. The molecule has 19 heavy (non-hydrogen) atoms. The molecule has 5 nitrogen and oxygen atoms in total. The first kappa shape index (κ1) is 16.4. The van der Waals surface area contributed by atoms with E-state index in [4.69, 9.17) is 9.47 Å². The average molecular weight is 272 g/mol. The number of morpholine rings is 1. The zero-order valence-corrected chi connectivity index (χ0v) is 12.6. The Morgan fingerprint density at radius 1 is 1.47 bits per heavy atom. The van der Waals surface area contributed by atoms with E-state index in [1.807, 2.05) is 13.8 Å². The van der Waals surface area contributed by atoms with Gasteiger partial charge in [-0.1, -0.05) is 13.8 Å². The van der Waals surface area contributed by atoms with Crippen molar-refractivity contribution in [3.05, 3.63) is 0 Å². The van der Waals surface area contributed by atoms with E-state index in [2.05, 4.69) is 24.5 Å². The van der Waals surface area contributed by atoms with Gasteiger partial charge in [-0.3, -0.25) is 4.79 Å². The number of carbonyl (C=O) groups is 1. The number of amides is 1. The first-order valence-corrected chi connectivity index (χ1v) is 7.22. The van der Waals surface area contributed by atoms with Crippen LogP contribution >= 0.6 is 0 Å². The summed E-state index contributed by atoms with van der Waals surface area (Å²) in [5.74, 6) is -0.0447. The van der Waals surface area contributed by atoms with Gasteiger partial charge in [-0.2, -0.15) is 0 Å². The van der Waals surface area contributed by atoms with Crippen LogP contribution in [0.4, 0.5) is 0 Å². The van der Waals surface area contributed by atoms with E-state index in [9.17, 15) is 4.79 Å². The van der Waals surface area contributed by atoms with Gasteiger partial charge >= 0.3 is 0 Å². The summed E-state index contributed by atoms with van der Waals surface area (Å²) in [7, 11) is 0. The van der Waals surface area contributed by atoms with Gasteiger partial charge in [-0.15, -0.1) is 0 Å². The lowest BCUT2D eigenvalue weighted by Gasteiger charge is -2.36. The molecule has 1 aliphatic rings. The molecule has 0 saturated carbocycles. The summed E-state index contributed by atoms with van der Waals surface area (Å²) in [4.78, 5) is 11.6. The molecule has 1 aliphatic heterocycles. The van der Waals surface area contributed by atoms with E-state index >= 15 is 0 Å². The first-order valence-electron chi connectivity index (χ1n) is 7.22. The molecule has 112 valence electrons. The van der Waals surface area contributed by atoms with Crippen molar-refractivity contribution in [3.8, 4) is 0 Å². The molecule has 0 bridgehead atoms. The van der Waals surface area contributed by atoms with Crippen LogP contribution in [0.5, 0.6) is 0 Å². The summed E-state index contributed by atoms with van der Waals surface area (Å²) < 4.78 is 11.3. The van der Waals surface area contributed by atoms with Gasteiger partial charge in [-0.25, -0.2) is 0 Å². The van der Waals surface area contributed by atoms with Gasteiger partial charge in [0.1, 0.15) is 6.61 Å². The molecular weight excluding hydrogens is 244 g/mol. The van der Waals surface area contributed by atoms with Crippen LogP contribution in [0.1, 0.15) is 40.5 Å². The van der Waals surface area contributed by atoms with Gasteiger partial charge in [0.2, 0.25) is 5.91 Å². The number of carbonyl (C=O) groups excluding carboxylic acids is 1. The van der Waals surface area contributed by atoms with Crippen molar-refractivity contribution in [3.63, 3.8) is 0 Å². The lowest BCUT2D eigenvalue weighted by Crippen LogP contribution is -2.52. The highest BCUT2D eigenvalue weighted by atomic mass is 16.5. The Morgan fingerprint density at radius 3 is 2.74 bits per heavy atom. The van der Waals surface area contributed by atoms with Crippen molar-refractivity contribution in [1.29, 1.82) is 0 Å². The molecule has 0 aliphatic carbocycles. The molecule has 1 unspecified atom stereocenters. The maximum Gasteiger partial charge on any atom is 0.246 e. The van der Waals surface area contributed by atoms with E-state index in [1.165, 1.54) is 0 Å². The molecule has 2 N–H and O–H groups in total. The molecule has 1 rings (SSSR count). The Morgan fingerprint density at radius 2 is 2.16 bits per heavy atom. The van der Waals surface area contributed by atoms with Crippen LogP contribution in [0, 0.1) is 0 Å². The van der Waals surface area contributed by atoms with E-state index in [0.29, 0.717) is 6.61 Å². The molecule has 0 radical (unpaired) electrons. The Hall–Kier alpha value is -0.650. The molecule has 1 saturated heterocycles. The third-order valence-electron chi connectivity index (χ3n) is 3.30. The van der Waals surface area contributed by atoms with Crippen LogP contribution < -0.4 is 10.6 Å². The molecule has 1 heterocycles. The van der Waals surface area contributed by atoms with Gasteiger partial charge in [-0.05, 0) is 26.7 Å². The van der Waals surface area contributed by atoms with Crippen molar-refractivity contribution in [2.45, 2.75) is 58.3 Å². The zero-order valence-electron chi connectivity index (χ0n) is 12.6. The van der Waals surface area contributed by atoms with Crippen LogP contribution in [0.2, 0.25) is 0 Å². The fourth-order valence-electron chi connectivity index (χ4n) is 2.21. The third kappa shape index (κ3) is 6.36. The molecule has 0 spiro atoms. The summed E-state index contributed by atoms with van der Waals surface area (Å²) in [6, 6.07) is 0.252. The molecule has 0 aromatic carbocycles. The smallest absolute Gasteiger partial charge is 0.246 e. The quantitative estimate of drug-likeness (QED) is 0.728. The number of hydrogen-bond donors (Lipinski definition) is 2. The lowest BCUT2D eigenvalue weighted by molar-refractivity contribution is -0.136. The fraction of sp³-hybridized carbons (Fsp3) is 0.929. The Kier molecular flexibility index (Phi) is 6.75. The van der Waals surface area contributed by atoms with E-state index in [0.717, 1.165) is 25.9 Å². The molecule has 0 aromatic heterocycles. The van der Waals surface area contributed by atoms with Crippen LogP contribution in [0.25, 0.3) is 0 Å². The van der Waals surface area contributed by atoms with Gasteiger partial charge in [0.15, 0.2) is 0 Å². The third-order valence-corrected chi connectivity index (χ3v) is 3.30. The van der Waals surface area contributed by atoms with E-state index in [1.54, 1.807) is 0 Å². The van der Waals surface area contributed by atoms with Gasteiger partial charge in [0.25, 0.3) is 0 Å². The van der Waals surface area contributed by atoms with Crippen molar-refractivity contribution < 1.29 is 14.3 Å². The molecular formula is C14H28N2O3. The van der Waals surface area contributed by atoms with Gasteiger partial charge in [0.05, 0.1) is 18.3 Å². The summed E-state index contributed by atoms with van der Waals surface area (Å²) in [6.07, 6.45) is 1.92. The first-order chi connectivity index (χ1) is 8.96. The highest BCUT2D eigenvalue weighted by Gasteiger charge is 2.28. The molecule has 1 amide bonds. The summed E-state index contributed by atoms with van der Waals surface area (Å²) in [6.45, 7) is 10.4. The van der Waals surface area contributed by atoms with Crippen LogP contribution in [0.3, 0.4) is 0 Å². The van der Waals surface area contributed by atoms with Crippen molar-refractivity contribution in [1.82, 2.24) is 10.6 Å². The average Bonchev–Trinajstić information content (AvgIpc) is 2.34. The summed E-state index contributed by atoms with van der Waals surface area (Å²) in [5, 5.41) is 6.26. The molecule has 1 atom stereocenters. The van der Waals surface area contributed by atoms with Crippen molar-refractivity contribution in [2.24, 2.45) is 0 Å². The molecule has 1 fully saturated rings. The topological polar surface area (TPSA) is 59.6 Å². The van der Waals surface area contributed by atoms with Crippen LogP contribution in [0.15, 0.2) is 0 Å². The van der Waals surface area contributed by atoms with Crippen molar-refractivity contribution in [2.75, 3.05) is 26.3 Å². The second kappa shape index (κ2) is 7.82. The fourth-order valence-corrected chi connectivity index (χ4v) is 2.21.